The zero-order chi connectivity index (χ0) is 27.4. The van der Waals surface area contributed by atoms with E-state index in [1.54, 1.807) is 48.5 Å². The molecule has 0 aliphatic rings. The summed E-state index contributed by atoms with van der Waals surface area (Å²) in [5.41, 5.74) is 1.92. The molecule has 0 aliphatic heterocycles. The molecule has 196 valence electrons. The van der Waals surface area contributed by atoms with Crippen LogP contribution in [0, 0.1) is 0 Å². The summed E-state index contributed by atoms with van der Waals surface area (Å²) >= 11 is 0. The Labute approximate surface area is 221 Å². The van der Waals surface area contributed by atoms with Crippen LogP contribution in [0.3, 0.4) is 0 Å². The Bertz CT molecular complexity index is 1490. The van der Waals surface area contributed by atoms with E-state index in [0.29, 0.717) is 33.6 Å². The van der Waals surface area contributed by atoms with Crippen LogP contribution in [0.4, 0.5) is 5.69 Å². The summed E-state index contributed by atoms with van der Waals surface area (Å²) in [6, 6.07) is 20.0. The molecule has 2 amide bonds. The number of nitrogens with one attached hydrogen (secondary N) is 1. The number of hydrogen-bond donors (Lipinski definition) is 1. The first-order valence-electron chi connectivity index (χ1n) is 12.3. The number of methoxy groups -OCH3 is 1. The van der Waals surface area contributed by atoms with Gasteiger partial charge in [-0.1, -0.05) is 41.6 Å². The second-order valence-corrected chi connectivity index (χ2v) is 9.99. The summed E-state index contributed by atoms with van der Waals surface area (Å²) in [5.74, 6) is -0.539. The zero-order valence-corrected chi connectivity index (χ0v) is 22.1. The number of carbonyl (C=O) groups is 3. The molecule has 0 spiro atoms. The Morgan fingerprint density at radius 2 is 1.71 bits per heavy atom. The SMILES string of the molecule is COc1cccc([C@H](C(=O)NC(C)(C)C)N(C(=O)Cn2nnc3ccccc32)c2ccccc2C(C)=O)c1. The fourth-order valence-electron chi connectivity index (χ4n) is 4.30. The highest BCUT2D eigenvalue weighted by molar-refractivity contribution is 6.08. The second kappa shape index (κ2) is 10.8. The maximum atomic E-state index is 14.2. The molecule has 1 N–H and O–H groups in total. The van der Waals surface area contributed by atoms with E-state index in [1.807, 2.05) is 45.0 Å². The number of benzene rings is 3. The molecular formula is C29H31N5O4. The number of ether oxygens (including phenoxy) is 1. The van der Waals surface area contributed by atoms with Gasteiger partial charge in [0.2, 0.25) is 11.8 Å². The summed E-state index contributed by atoms with van der Waals surface area (Å²) in [5, 5.41) is 11.3. The van der Waals surface area contributed by atoms with Crippen LogP contribution in [0.5, 0.6) is 5.75 Å². The lowest BCUT2D eigenvalue weighted by Crippen LogP contribution is -2.50. The molecule has 38 heavy (non-hydrogen) atoms. The number of amides is 2. The number of hydrogen-bond acceptors (Lipinski definition) is 6. The first-order chi connectivity index (χ1) is 18.1. The van der Waals surface area contributed by atoms with Crippen molar-refractivity contribution in [1.29, 1.82) is 0 Å². The highest BCUT2D eigenvalue weighted by Crippen LogP contribution is 2.33. The van der Waals surface area contributed by atoms with E-state index in [2.05, 4.69) is 15.6 Å². The van der Waals surface area contributed by atoms with Crippen LogP contribution in [0.15, 0.2) is 72.8 Å². The van der Waals surface area contributed by atoms with E-state index in [9.17, 15) is 14.4 Å². The molecule has 1 aromatic heterocycles. The third-order valence-electron chi connectivity index (χ3n) is 5.93. The normalized spacial score (nSPS) is 12.1. The van der Waals surface area contributed by atoms with Crippen molar-refractivity contribution >= 4 is 34.3 Å². The van der Waals surface area contributed by atoms with Crippen molar-refractivity contribution in [3.05, 3.63) is 83.9 Å². The van der Waals surface area contributed by atoms with Gasteiger partial charge in [0.25, 0.3) is 0 Å². The Morgan fingerprint density at radius 1 is 1.00 bits per heavy atom. The van der Waals surface area contributed by atoms with Crippen molar-refractivity contribution in [2.24, 2.45) is 0 Å². The first-order valence-corrected chi connectivity index (χ1v) is 12.3. The minimum atomic E-state index is -1.10. The monoisotopic (exact) mass is 513 g/mol. The fraction of sp³-hybridized carbons (Fsp3) is 0.276. The number of ketones is 1. The third kappa shape index (κ3) is 5.72. The summed E-state index contributed by atoms with van der Waals surface area (Å²) in [6.07, 6.45) is 0. The van der Waals surface area contributed by atoms with Gasteiger partial charge in [0, 0.05) is 11.1 Å². The van der Waals surface area contributed by atoms with Crippen LogP contribution in [0.25, 0.3) is 11.0 Å². The summed E-state index contributed by atoms with van der Waals surface area (Å²) in [6.45, 7) is 6.83. The molecule has 4 aromatic rings. The molecule has 9 nitrogen and oxygen atoms in total. The lowest BCUT2D eigenvalue weighted by molar-refractivity contribution is -0.128. The predicted molar refractivity (Wildman–Crippen MR) is 145 cm³/mol. The number of para-hydroxylation sites is 2. The molecule has 1 atom stereocenters. The van der Waals surface area contributed by atoms with Gasteiger partial charge in [-0.25, -0.2) is 4.68 Å². The molecule has 0 bridgehead atoms. The molecular weight excluding hydrogens is 482 g/mol. The van der Waals surface area contributed by atoms with Gasteiger partial charge < -0.3 is 10.1 Å². The lowest BCUT2D eigenvalue weighted by Gasteiger charge is -2.34. The summed E-state index contributed by atoms with van der Waals surface area (Å²) in [7, 11) is 1.53. The van der Waals surface area contributed by atoms with Crippen molar-refractivity contribution in [3.8, 4) is 5.75 Å². The standard InChI is InChI=1S/C29H31N5O4/c1-19(35)22-13-6-8-15-24(22)34(26(36)18-33-25-16-9-7-14-23(25)31-32-33)27(28(37)30-29(2,3)4)20-11-10-12-21(17-20)38-5/h6-17,27H,18H2,1-5H3,(H,30,37)/t27-/m1/s1. The van der Waals surface area contributed by atoms with Gasteiger partial charge in [0.1, 0.15) is 23.9 Å². The number of carbonyl (C=O) groups excluding carboxylic acids is 3. The maximum absolute atomic E-state index is 14.2. The minimum absolute atomic E-state index is 0.198. The lowest BCUT2D eigenvalue weighted by atomic mass is 9.98. The fourth-order valence-corrected chi connectivity index (χ4v) is 4.30. The number of Topliss-reactive ketones (excluding diaryl/α,β-unsaturated/α-hetero) is 1. The molecule has 0 saturated carbocycles. The summed E-state index contributed by atoms with van der Waals surface area (Å²) in [4.78, 5) is 42.1. The number of fused-ring (bicyclic) bond motifs is 1. The van der Waals surface area contributed by atoms with Crippen LogP contribution in [-0.4, -0.2) is 45.2 Å². The van der Waals surface area contributed by atoms with Gasteiger partial charge in [-0.15, -0.1) is 5.10 Å². The predicted octanol–water partition coefficient (Wildman–Crippen LogP) is 4.33. The molecule has 0 saturated heterocycles. The number of anilines is 1. The van der Waals surface area contributed by atoms with Crippen molar-refractivity contribution in [2.45, 2.75) is 45.8 Å². The van der Waals surface area contributed by atoms with Crippen LogP contribution in [0.1, 0.15) is 49.7 Å². The molecule has 0 radical (unpaired) electrons. The van der Waals surface area contributed by atoms with Gasteiger partial charge in [-0.2, -0.15) is 0 Å². The first kappa shape index (κ1) is 26.5. The summed E-state index contributed by atoms with van der Waals surface area (Å²) < 4.78 is 6.91. The quantitative estimate of drug-likeness (QED) is 0.352. The van der Waals surface area contributed by atoms with Crippen molar-refractivity contribution in [3.63, 3.8) is 0 Å². The number of nitrogens with zero attached hydrogens (tertiary/aromatic N) is 4. The molecule has 0 unspecified atom stereocenters. The highest BCUT2D eigenvalue weighted by atomic mass is 16.5. The van der Waals surface area contributed by atoms with Crippen LogP contribution >= 0.6 is 0 Å². The van der Waals surface area contributed by atoms with Gasteiger partial charge in [0.05, 0.1) is 18.3 Å². The second-order valence-electron chi connectivity index (χ2n) is 9.99. The molecule has 9 heteroatoms. The van der Waals surface area contributed by atoms with Crippen LogP contribution < -0.4 is 15.0 Å². The average molecular weight is 514 g/mol. The van der Waals surface area contributed by atoms with E-state index in [4.69, 9.17) is 4.74 Å². The Hall–Kier alpha value is -4.53. The van der Waals surface area contributed by atoms with Gasteiger partial charge >= 0.3 is 0 Å². The topological polar surface area (TPSA) is 106 Å². The largest absolute Gasteiger partial charge is 0.497 e. The van der Waals surface area contributed by atoms with E-state index in [1.165, 1.54) is 23.6 Å². The Morgan fingerprint density at radius 3 is 2.42 bits per heavy atom. The molecule has 3 aromatic carbocycles. The molecule has 0 fully saturated rings. The van der Waals surface area contributed by atoms with E-state index < -0.39 is 23.4 Å². The number of rotatable bonds is 8. The van der Waals surface area contributed by atoms with E-state index >= 15 is 0 Å². The molecule has 4 rings (SSSR count). The number of aromatic nitrogens is 3. The van der Waals surface area contributed by atoms with Gasteiger partial charge in [-0.3, -0.25) is 19.3 Å². The smallest absolute Gasteiger partial charge is 0.249 e. The van der Waals surface area contributed by atoms with Crippen molar-refractivity contribution < 1.29 is 19.1 Å². The Kier molecular flexibility index (Phi) is 7.57. The highest BCUT2D eigenvalue weighted by Gasteiger charge is 2.36. The van der Waals surface area contributed by atoms with Crippen molar-refractivity contribution in [1.82, 2.24) is 20.3 Å². The van der Waals surface area contributed by atoms with Crippen molar-refractivity contribution in [2.75, 3.05) is 12.0 Å². The zero-order valence-electron chi connectivity index (χ0n) is 22.1. The Balaban J connectivity index is 1.90. The van der Waals surface area contributed by atoms with Crippen LogP contribution in [-0.2, 0) is 16.1 Å². The van der Waals surface area contributed by atoms with E-state index in [-0.39, 0.29) is 12.3 Å². The van der Waals surface area contributed by atoms with Crippen LogP contribution in [0.2, 0.25) is 0 Å². The maximum Gasteiger partial charge on any atom is 0.249 e. The van der Waals surface area contributed by atoms with E-state index in [0.717, 1.165) is 0 Å². The molecule has 1 heterocycles. The van der Waals surface area contributed by atoms with Gasteiger partial charge in [0.15, 0.2) is 5.78 Å². The van der Waals surface area contributed by atoms with Gasteiger partial charge in [-0.05, 0) is 69.7 Å². The average Bonchev–Trinajstić information content (AvgIpc) is 3.28. The molecule has 0 aliphatic carbocycles. The third-order valence-corrected chi connectivity index (χ3v) is 5.93. The minimum Gasteiger partial charge on any atom is -0.497 e.